The van der Waals surface area contributed by atoms with Crippen molar-refractivity contribution in [1.29, 1.82) is 0 Å². The molecular formula is C28H31N3O3S. The maximum Gasteiger partial charge on any atom is 0.343 e. The molecule has 2 aliphatic rings. The number of rotatable bonds is 4. The van der Waals surface area contributed by atoms with Crippen LogP contribution in [0.4, 0.5) is 5.00 Å². The third-order valence-electron chi connectivity index (χ3n) is 6.77. The normalized spacial score (nSPS) is 17.7. The van der Waals surface area contributed by atoms with Gasteiger partial charge in [0.15, 0.2) is 0 Å². The van der Waals surface area contributed by atoms with Gasteiger partial charge in [0.25, 0.3) is 5.91 Å². The van der Waals surface area contributed by atoms with Crippen LogP contribution in [0.25, 0.3) is 0 Å². The molecule has 0 bridgehead atoms. The summed E-state index contributed by atoms with van der Waals surface area (Å²) in [5.41, 5.74) is 4.60. The van der Waals surface area contributed by atoms with Crippen molar-refractivity contribution >= 4 is 28.2 Å². The lowest BCUT2D eigenvalue weighted by atomic mass is 9.87. The van der Waals surface area contributed by atoms with Gasteiger partial charge in [0.2, 0.25) is 0 Å². The zero-order valence-electron chi connectivity index (χ0n) is 20.6. The average molecular weight is 490 g/mol. The number of anilines is 1. The van der Waals surface area contributed by atoms with Gasteiger partial charge < -0.3 is 15.4 Å². The van der Waals surface area contributed by atoms with Crippen molar-refractivity contribution in [2.45, 2.75) is 52.2 Å². The number of thiophene rings is 1. The Bertz CT molecular complexity index is 1260. The van der Waals surface area contributed by atoms with Gasteiger partial charge in [-0.1, -0.05) is 52.0 Å². The first-order chi connectivity index (χ1) is 16.7. The number of nitrogens with zero attached hydrogens (tertiary/aromatic N) is 1. The minimum Gasteiger partial charge on any atom is -0.423 e. The molecule has 0 aliphatic carbocycles. The number of fused-ring (bicyclic) bond motifs is 3. The average Bonchev–Trinajstić information content (AvgIpc) is 3.22. The Kier molecular flexibility index (Phi) is 6.15. The van der Waals surface area contributed by atoms with Gasteiger partial charge in [0, 0.05) is 18.0 Å². The van der Waals surface area contributed by atoms with Crippen LogP contribution < -0.4 is 15.4 Å². The number of esters is 1. The highest BCUT2D eigenvalue weighted by atomic mass is 32.1. The molecule has 3 heterocycles. The zero-order valence-corrected chi connectivity index (χ0v) is 21.4. The molecular weight excluding hydrogens is 458 g/mol. The smallest absolute Gasteiger partial charge is 0.343 e. The summed E-state index contributed by atoms with van der Waals surface area (Å²) in [6, 6.07) is 14.8. The molecule has 1 aromatic heterocycles. The van der Waals surface area contributed by atoms with Crippen molar-refractivity contribution in [3.05, 3.63) is 81.2 Å². The van der Waals surface area contributed by atoms with E-state index in [1.54, 1.807) is 35.6 Å². The van der Waals surface area contributed by atoms with E-state index < -0.39 is 5.97 Å². The summed E-state index contributed by atoms with van der Waals surface area (Å²) in [4.78, 5) is 29.3. The van der Waals surface area contributed by atoms with Crippen LogP contribution in [0.2, 0.25) is 0 Å². The molecule has 0 saturated carbocycles. The number of hydrogen-bond donors (Lipinski definition) is 2. The summed E-state index contributed by atoms with van der Waals surface area (Å²) >= 11 is 1.69. The first kappa shape index (κ1) is 23.6. The van der Waals surface area contributed by atoms with Crippen LogP contribution in [0.3, 0.4) is 0 Å². The van der Waals surface area contributed by atoms with Crippen molar-refractivity contribution in [2.75, 3.05) is 18.4 Å². The fraction of sp³-hybridized carbons (Fsp3) is 0.357. The molecule has 35 heavy (non-hydrogen) atoms. The second kappa shape index (κ2) is 9.13. The Hall–Kier alpha value is -3.16. The molecule has 1 atom stereocenters. The Labute approximate surface area is 210 Å². The number of likely N-dealkylation sites (N-methyl/N-ethyl adjacent to an activating group) is 1. The van der Waals surface area contributed by atoms with Crippen molar-refractivity contribution in [3.63, 3.8) is 0 Å². The van der Waals surface area contributed by atoms with E-state index in [4.69, 9.17) is 4.74 Å². The Morgan fingerprint density at radius 1 is 1.09 bits per heavy atom. The number of amides is 1. The standard InChI is InChI=1S/C28H31N3O3S/c1-5-31-15-14-21-22(16-31)35-26-23(21)25(32)29-24(30-26)17-8-12-20(13-9-17)34-27(33)18-6-10-19(11-7-18)28(2,3)4/h6-13,24,30H,5,14-16H2,1-4H3,(H,29,32). The lowest BCUT2D eigenvalue weighted by Crippen LogP contribution is -2.38. The van der Waals surface area contributed by atoms with Crippen molar-refractivity contribution in [1.82, 2.24) is 10.2 Å². The highest BCUT2D eigenvalue weighted by Gasteiger charge is 2.33. The lowest BCUT2D eigenvalue weighted by molar-refractivity contribution is 0.0734. The molecule has 0 saturated heterocycles. The van der Waals surface area contributed by atoms with Gasteiger partial charge in [-0.2, -0.15) is 0 Å². The maximum absolute atomic E-state index is 13.0. The third kappa shape index (κ3) is 4.70. The number of carbonyl (C=O) groups is 2. The molecule has 2 aromatic carbocycles. The van der Waals surface area contributed by atoms with Crippen molar-refractivity contribution < 1.29 is 14.3 Å². The van der Waals surface area contributed by atoms with Crippen LogP contribution in [0, 0.1) is 0 Å². The van der Waals surface area contributed by atoms with Gasteiger partial charge in [0.05, 0.1) is 11.1 Å². The minimum atomic E-state index is -0.391. The predicted octanol–water partition coefficient (Wildman–Crippen LogP) is 5.50. The van der Waals surface area contributed by atoms with Crippen LogP contribution >= 0.6 is 11.3 Å². The van der Waals surface area contributed by atoms with E-state index in [0.717, 1.165) is 47.7 Å². The minimum absolute atomic E-state index is 0.0274. The SMILES string of the molecule is CCN1CCc2c(sc3c2C(=O)NC(c2ccc(OC(=O)c4ccc(C(C)(C)C)cc4)cc2)N3)C1. The first-order valence-electron chi connectivity index (χ1n) is 12.1. The summed E-state index contributed by atoms with van der Waals surface area (Å²) in [6.45, 7) is 11.5. The van der Waals surface area contributed by atoms with Crippen LogP contribution in [0.15, 0.2) is 48.5 Å². The summed E-state index contributed by atoms with van der Waals surface area (Å²) in [5, 5.41) is 7.53. The second-order valence-electron chi connectivity index (χ2n) is 10.2. The fourth-order valence-corrected chi connectivity index (χ4v) is 5.92. The summed E-state index contributed by atoms with van der Waals surface area (Å²) in [7, 11) is 0. The molecule has 6 nitrogen and oxygen atoms in total. The van der Waals surface area contributed by atoms with E-state index in [0.29, 0.717) is 11.3 Å². The van der Waals surface area contributed by atoms with Crippen molar-refractivity contribution in [2.24, 2.45) is 0 Å². The highest BCUT2D eigenvalue weighted by Crippen LogP contribution is 2.40. The van der Waals surface area contributed by atoms with Gasteiger partial charge >= 0.3 is 5.97 Å². The van der Waals surface area contributed by atoms with E-state index >= 15 is 0 Å². The van der Waals surface area contributed by atoms with Gasteiger partial charge in [-0.05, 0) is 59.3 Å². The number of hydrogen-bond acceptors (Lipinski definition) is 6. The predicted molar refractivity (Wildman–Crippen MR) is 139 cm³/mol. The van der Waals surface area contributed by atoms with E-state index in [-0.39, 0.29) is 17.5 Å². The summed E-state index contributed by atoms with van der Waals surface area (Å²) in [5.74, 6) is 0.0466. The second-order valence-corrected chi connectivity index (χ2v) is 11.3. The van der Waals surface area contributed by atoms with Crippen LogP contribution in [0.1, 0.15) is 76.1 Å². The molecule has 7 heteroatoms. The lowest BCUT2D eigenvalue weighted by Gasteiger charge is -2.28. The Balaban J connectivity index is 1.27. The summed E-state index contributed by atoms with van der Waals surface area (Å²) in [6.07, 6.45) is 0.584. The molecule has 1 unspecified atom stereocenters. The molecule has 0 fully saturated rings. The van der Waals surface area contributed by atoms with E-state index in [1.165, 1.54) is 10.4 Å². The maximum atomic E-state index is 13.0. The van der Waals surface area contributed by atoms with Gasteiger partial charge in [-0.15, -0.1) is 11.3 Å². The van der Waals surface area contributed by atoms with Gasteiger partial charge in [0.1, 0.15) is 16.9 Å². The topological polar surface area (TPSA) is 70.7 Å². The van der Waals surface area contributed by atoms with Crippen LogP contribution in [0.5, 0.6) is 5.75 Å². The van der Waals surface area contributed by atoms with Gasteiger partial charge in [-0.3, -0.25) is 9.69 Å². The molecule has 182 valence electrons. The number of carbonyl (C=O) groups excluding carboxylic acids is 2. The quantitative estimate of drug-likeness (QED) is 0.374. The number of benzene rings is 2. The summed E-state index contributed by atoms with van der Waals surface area (Å²) < 4.78 is 5.57. The third-order valence-corrected chi connectivity index (χ3v) is 7.92. The van der Waals surface area contributed by atoms with E-state index in [2.05, 4.69) is 43.2 Å². The number of nitrogens with one attached hydrogen (secondary N) is 2. The molecule has 2 aliphatic heterocycles. The largest absolute Gasteiger partial charge is 0.423 e. The molecule has 3 aromatic rings. The molecule has 2 N–H and O–H groups in total. The van der Waals surface area contributed by atoms with Crippen LogP contribution in [-0.4, -0.2) is 29.9 Å². The molecule has 0 spiro atoms. The fourth-order valence-electron chi connectivity index (χ4n) is 4.61. The van der Waals surface area contributed by atoms with Crippen molar-refractivity contribution in [3.8, 4) is 5.75 Å². The molecule has 0 radical (unpaired) electrons. The Morgan fingerprint density at radius 3 is 2.46 bits per heavy atom. The molecule has 5 rings (SSSR count). The zero-order chi connectivity index (χ0) is 24.7. The van der Waals surface area contributed by atoms with E-state index in [9.17, 15) is 9.59 Å². The first-order valence-corrected chi connectivity index (χ1v) is 12.9. The Morgan fingerprint density at radius 2 is 1.80 bits per heavy atom. The number of ether oxygens (including phenoxy) is 1. The highest BCUT2D eigenvalue weighted by molar-refractivity contribution is 7.16. The van der Waals surface area contributed by atoms with Crippen LogP contribution in [-0.2, 0) is 18.4 Å². The monoisotopic (exact) mass is 489 g/mol. The molecule has 1 amide bonds. The van der Waals surface area contributed by atoms with E-state index in [1.807, 2.05) is 24.3 Å². The van der Waals surface area contributed by atoms with Gasteiger partial charge in [-0.25, -0.2) is 4.79 Å².